The molecule has 11 heteroatoms. The molecule has 1 heterocycles. The molecule has 1 saturated heterocycles. The molecule has 0 bridgehead atoms. The highest BCUT2D eigenvalue weighted by Gasteiger charge is 2.51. The SMILES string of the molecule is CC.COc1ccc(CS(=O)(=O)C(C)(C)C(ON(C)C(=O)OC(C)(C)C)N2C[C@@H](F)C[C@H]2C#N)cc1. The Bertz CT molecular complexity index is 1000. The van der Waals surface area contributed by atoms with Crippen molar-refractivity contribution in [3.63, 3.8) is 0 Å². The minimum absolute atomic E-state index is 0.0822. The maximum absolute atomic E-state index is 14.3. The molecular formula is C25H40FN3O6S. The van der Waals surface area contributed by atoms with Crippen molar-refractivity contribution in [3.05, 3.63) is 29.8 Å². The number of hydroxylamine groups is 2. The first kappa shape index (κ1) is 31.6. The Labute approximate surface area is 215 Å². The third-order valence-corrected chi connectivity index (χ3v) is 8.08. The van der Waals surface area contributed by atoms with Crippen LogP contribution in [0, 0.1) is 11.3 Å². The van der Waals surface area contributed by atoms with Gasteiger partial charge < -0.3 is 9.47 Å². The van der Waals surface area contributed by atoms with Gasteiger partial charge in [0.15, 0.2) is 16.1 Å². The summed E-state index contributed by atoms with van der Waals surface area (Å²) in [6.45, 7) is 11.7. The van der Waals surface area contributed by atoms with E-state index >= 15 is 0 Å². The molecule has 0 N–H and O–H groups in total. The fourth-order valence-electron chi connectivity index (χ4n) is 3.58. The molecule has 1 aromatic carbocycles. The summed E-state index contributed by atoms with van der Waals surface area (Å²) in [6, 6.07) is 7.69. The zero-order valence-corrected chi connectivity index (χ0v) is 23.6. The number of nitrogens with zero attached hydrogens (tertiary/aromatic N) is 3. The number of rotatable bonds is 8. The van der Waals surface area contributed by atoms with Crippen LogP contribution in [0.3, 0.4) is 0 Å². The number of hydrogen-bond acceptors (Lipinski definition) is 8. The normalized spacial score (nSPS) is 19.5. The summed E-state index contributed by atoms with van der Waals surface area (Å²) in [6.07, 6.45) is -3.59. The molecule has 1 unspecified atom stereocenters. The van der Waals surface area contributed by atoms with Gasteiger partial charge in [0.1, 0.15) is 28.3 Å². The highest BCUT2D eigenvalue weighted by atomic mass is 32.2. The summed E-state index contributed by atoms with van der Waals surface area (Å²) >= 11 is 0. The molecule has 0 radical (unpaired) electrons. The molecule has 0 aromatic heterocycles. The zero-order valence-electron chi connectivity index (χ0n) is 22.7. The van der Waals surface area contributed by atoms with E-state index in [2.05, 4.69) is 0 Å². The summed E-state index contributed by atoms with van der Waals surface area (Å²) in [7, 11) is -1.14. The van der Waals surface area contributed by atoms with Crippen LogP contribution < -0.4 is 4.74 Å². The number of alkyl halides is 1. The number of amides is 1. The highest BCUT2D eigenvalue weighted by molar-refractivity contribution is 7.92. The molecule has 1 fully saturated rings. The van der Waals surface area contributed by atoms with Crippen LogP contribution in [0.2, 0.25) is 0 Å². The Kier molecular flexibility index (Phi) is 11.2. The average Bonchev–Trinajstić information content (AvgIpc) is 3.17. The van der Waals surface area contributed by atoms with Crippen molar-refractivity contribution in [1.82, 2.24) is 9.96 Å². The maximum atomic E-state index is 14.3. The van der Waals surface area contributed by atoms with Crippen molar-refractivity contribution in [2.24, 2.45) is 0 Å². The molecule has 1 aliphatic rings. The third kappa shape index (κ3) is 8.05. The van der Waals surface area contributed by atoms with E-state index in [0.29, 0.717) is 11.3 Å². The van der Waals surface area contributed by atoms with Gasteiger partial charge >= 0.3 is 6.09 Å². The van der Waals surface area contributed by atoms with E-state index in [-0.39, 0.29) is 18.7 Å². The molecule has 0 saturated carbocycles. The number of benzene rings is 1. The van der Waals surface area contributed by atoms with E-state index in [4.69, 9.17) is 14.3 Å². The van der Waals surface area contributed by atoms with Gasteiger partial charge in [-0.05, 0) is 52.3 Å². The molecule has 204 valence electrons. The Morgan fingerprint density at radius 3 is 2.25 bits per heavy atom. The first-order valence-corrected chi connectivity index (χ1v) is 13.5. The fraction of sp³-hybridized carbons (Fsp3) is 0.680. The number of carbonyl (C=O) groups is 1. The number of sulfone groups is 1. The summed E-state index contributed by atoms with van der Waals surface area (Å²) in [5.74, 6) is 0.257. The van der Waals surface area contributed by atoms with Crippen molar-refractivity contribution < 1.29 is 31.9 Å². The van der Waals surface area contributed by atoms with Crippen molar-refractivity contribution in [1.29, 1.82) is 5.26 Å². The predicted molar refractivity (Wildman–Crippen MR) is 136 cm³/mol. The lowest BCUT2D eigenvalue weighted by atomic mass is 10.1. The van der Waals surface area contributed by atoms with Crippen LogP contribution in [-0.2, 0) is 25.2 Å². The Morgan fingerprint density at radius 2 is 1.78 bits per heavy atom. The predicted octanol–water partition coefficient (Wildman–Crippen LogP) is 4.48. The van der Waals surface area contributed by atoms with Crippen LogP contribution in [0.15, 0.2) is 24.3 Å². The number of ether oxygens (including phenoxy) is 2. The summed E-state index contributed by atoms with van der Waals surface area (Å²) in [5.41, 5.74) is -0.290. The molecule has 0 aliphatic carbocycles. The Hall–Kier alpha value is -2.42. The van der Waals surface area contributed by atoms with Crippen molar-refractivity contribution in [3.8, 4) is 11.8 Å². The molecule has 9 nitrogen and oxygen atoms in total. The van der Waals surface area contributed by atoms with Gasteiger partial charge in [0, 0.05) is 20.0 Å². The number of carbonyl (C=O) groups excluding carboxylic acids is 1. The molecular weight excluding hydrogens is 489 g/mol. The van der Waals surface area contributed by atoms with Crippen LogP contribution in [0.25, 0.3) is 0 Å². The zero-order chi connectivity index (χ0) is 27.9. The molecule has 2 rings (SSSR count). The third-order valence-electron chi connectivity index (χ3n) is 5.56. The standard InChI is InChI=1S/C23H34FN3O6S.C2H6/c1-22(2,3)32-21(28)26(6)33-20(27-14-17(24)12-18(27)13-25)23(4,5)34(29,30)15-16-8-10-19(31-7)11-9-16;1-2/h8-11,17-18,20H,12,14-15H2,1-7H3;1-2H3/t17-,18-,20?;/m0./s1. The van der Waals surface area contributed by atoms with Crippen LogP contribution >= 0.6 is 0 Å². The lowest BCUT2D eigenvalue weighted by molar-refractivity contribution is -0.221. The van der Waals surface area contributed by atoms with Crippen LogP contribution in [-0.4, -0.2) is 74.0 Å². The summed E-state index contributed by atoms with van der Waals surface area (Å²) in [5, 5.41) is 10.4. The number of halogens is 1. The van der Waals surface area contributed by atoms with Crippen LogP contribution in [0.5, 0.6) is 5.75 Å². The topological polar surface area (TPSA) is 109 Å². The van der Waals surface area contributed by atoms with E-state index in [1.54, 1.807) is 45.0 Å². The van der Waals surface area contributed by atoms with E-state index in [1.807, 2.05) is 19.9 Å². The second-order valence-electron chi connectivity index (χ2n) is 9.82. The number of nitriles is 1. The quantitative estimate of drug-likeness (QED) is 0.454. The van der Waals surface area contributed by atoms with E-state index < -0.39 is 44.7 Å². The minimum atomic E-state index is -3.94. The van der Waals surface area contributed by atoms with E-state index in [1.165, 1.54) is 32.9 Å². The lowest BCUT2D eigenvalue weighted by Gasteiger charge is -2.41. The molecule has 1 aliphatic heterocycles. The number of likely N-dealkylation sites (tertiary alicyclic amines) is 1. The van der Waals surface area contributed by atoms with Crippen molar-refractivity contribution in [2.75, 3.05) is 20.7 Å². The van der Waals surface area contributed by atoms with Gasteiger partial charge in [0.25, 0.3) is 0 Å². The lowest BCUT2D eigenvalue weighted by Crippen LogP contribution is -2.59. The van der Waals surface area contributed by atoms with E-state index in [0.717, 1.165) is 5.06 Å². The summed E-state index contributed by atoms with van der Waals surface area (Å²) < 4.78 is 50.2. The summed E-state index contributed by atoms with van der Waals surface area (Å²) in [4.78, 5) is 19.7. The van der Waals surface area contributed by atoms with Crippen LogP contribution in [0.1, 0.15) is 60.5 Å². The van der Waals surface area contributed by atoms with Gasteiger partial charge in [-0.2, -0.15) is 10.3 Å². The number of hydrogen-bond donors (Lipinski definition) is 0. The highest BCUT2D eigenvalue weighted by Crippen LogP contribution is 2.35. The van der Waals surface area contributed by atoms with Gasteiger partial charge in [0.05, 0.1) is 18.9 Å². The maximum Gasteiger partial charge on any atom is 0.434 e. The second-order valence-corrected chi connectivity index (χ2v) is 12.4. The van der Waals surface area contributed by atoms with E-state index in [9.17, 15) is 22.9 Å². The first-order valence-electron chi connectivity index (χ1n) is 11.9. The van der Waals surface area contributed by atoms with Gasteiger partial charge in [-0.15, -0.1) is 0 Å². The molecule has 0 spiro atoms. The van der Waals surface area contributed by atoms with Gasteiger partial charge in [-0.25, -0.2) is 22.4 Å². The largest absolute Gasteiger partial charge is 0.497 e. The van der Waals surface area contributed by atoms with Gasteiger partial charge in [-0.3, -0.25) is 4.90 Å². The van der Waals surface area contributed by atoms with Crippen molar-refractivity contribution in [2.45, 2.75) is 89.4 Å². The molecule has 3 atom stereocenters. The molecule has 1 aromatic rings. The average molecular weight is 530 g/mol. The first-order chi connectivity index (χ1) is 16.6. The smallest absolute Gasteiger partial charge is 0.434 e. The van der Waals surface area contributed by atoms with Crippen LogP contribution in [0.4, 0.5) is 9.18 Å². The molecule has 1 amide bonds. The minimum Gasteiger partial charge on any atom is -0.497 e. The molecule has 36 heavy (non-hydrogen) atoms. The van der Waals surface area contributed by atoms with Gasteiger partial charge in [-0.1, -0.05) is 26.0 Å². The monoisotopic (exact) mass is 529 g/mol. The van der Waals surface area contributed by atoms with Crippen molar-refractivity contribution >= 4 is 15.9 Å². The Balaban J connectivity index is 0.00000316. The van der Waals surface area contributed by atoms with Gasteiger partial charge in [0.2, 0.25) is 0 Å². The number of methoxy groups -OCH3 is 1. The second kappa shape index (κ2) is 12.7. The Morgan fingerprint density at radius 1 is 1.22 bits per heavy atom. The fourth-order valence-corrected chi connectivity index (χ4v) is 5.07.